The number of aryl methyl sites for hydroxylation is 1. The van der Waals surface area contributed by atoms with Crippen LogP contribution in [-0.4, -0.2) is 59.5 Å². The topological polar surface area (TPSA) is 95.0 Å². The number of carbonyl (C=O) groups is 1. The van der Waals surface area contributed by atoms with Gasteiger partial charge >= 0.3 is 0 Å². The summed E-state index contributed by atoms with van der Waals surface area (Å²) in [5.74, 6) is 1.51. The molecule has 0 bridgehead atoms. The third-order valence-electron chi connectivity index (χ3n) is 6.37. The molecule has 2 heterocycles. The minimum absolute atomic E-state index is 0.0205. The summed E-state index contributed by atoms with van der Waals surface area (Å²) in [4.78, 5) is 17.0. The Labute approximate surface area is 221 Å². The van der Waals surface area contributed by atoms with Gasteiger partial charge in [0.25, 0.3) is 0 Å². The number of aromatic nitrogens is 1. The molecule has 8 heteroatoms. The van der Waals surface area contributed by atoms with Crippen LogP contribution in [0, 0.1) is 6.92 Å². The molecular formula is C29H31ClN2O5. The van der Waals surface area contributed by atoms with Gasteiger partial charge in [-0.2, -0.15) is 0 Å². The summed E-state index contributed by atoms with van der Waals surface area (Å²) in [6, 6.07) is 20.9. The predicted octanol–water partition coefficient (Wildman–Crippen LogP) is 4.66. The first-order valence-electron chi connectivity index (χ1n) is 12.1. The number of aliphatic hydroxyl groups is 2. The molecule has 2 atom stereocenters. The molecule has 0 fully saturated rings. The Hall–Kier alpha value is -3.52. The first-order chi connectivity index (χ1) is 17.9. The second-order valence-corrected chi connectivity index (χ2v) is 9.37. The number of hydrogen-bond donors (Lipinski definition) is 3. The average Bonchev–Trinajstić information content (AvgIpc) is 3.30. The van der Waals surface area contributed by atoms with Crippen LogP contribution in [0.25, 0.3) is 10.9 Å². The van der Waals surface area contributed by atoms with Gasteiger partial charge in [0.05, 0.1) is 19.8 Å². The Balaban J connectivity index is 0.000000301. The molecule has 1 aromatic heterocycles. The molecule has 0 saturated carbocycles. The summed E-state index contributed by atoms with van der Waals surface area (Å²) in [7, 11) is 1.67. The predicted molar refractivity (Wildman–Crippen MR) is 144 cm³/mol. The van der Waals surface area contributed by atoms with Gasteiger partial charge < -0.3 is 29.6 Å². The molecule has 2 unspecified atom stereocenters. The monoisotopic (exact) mass is 522 g/mol. The maximum Gasteiger partial charge on any atom is 0.210 e. The molecule has 0 saturated heterocycles. The van der Waals surface area contributed by atoms with Crippen molar-refractivity contribution < 1.29 is 24.5 Å². The van der Waals surface area contributed by atoms with Gasteiger partial charge in [-0.1, -0.05) is 41.4 Å². The van der Waals surface area contributed by atoms with Crippen LogP contribution in [0.15, 0.2) is 66.7 Å². The molecule has 3 aromatic carbocycles. The molecule has 7 nitrogen and oxygen atoms in total. The highest BCUT2D eigenvalue weighted by molar-refractivity contribution is 6.31. The number of halogens is 1. The second kappa shape index (κ2) is 12.1. The van der Waals surface area contributed by atoms with Gasteiger partial charge in [-0.15, -0.1) is 0 Å². The normalized spacial score (nSPS) is 15.4. The first-order valence-corrected chi connectivity index (χ1v) is 12.4. The van der Waals surface area contributed by atoms with Gasteiger partial charge in [0.15, 0.2) is 0 Å². The Morgan fingerprint density at radius 1 is 1.11 bits per heavy atom. The molecule has 1 aliphatic heterocycles. The minimum Gasteiger partial charge on any atom is -0.497 e. The number of hydrogen-bond acceptors (Lipinski definition) is 5. The lowest BCUT2D eigenvalue weighted by Gasteiger charge is -2.33. The van der Waals surface area contributed by atoms with Crippen molar-refractivity contribution in [3.8, 4) is 11.5 Å². The Kier molecular flexibility index (Phi) is 8.71. The van der Waals surface area contributed by atoms with Crippen molar-refractivity contribution in [2.75, 3.05) is 26.9 Å². The fraction of sp³-hybridized carbons (Fsp3) is 0.276. The summed E-state index contributed by atoms with van der Waals surface area (Å²) < 4.78 is 10.4. The molecule has 3 N–H and O–H groups in total. The van der Waals surface area contributed by atoms with E-state index in [-0.39, 0.29) is 19.3 Å². The zero-order valence-corrected chi connectivity index (χ0v) is 21.6. The quantitative estimate of drug-likeness (QED) is 0.307. The zero-order chi connectivity index (χ0) is 26.4. The van der Waals surface area contributed by atoms with Crippen LogP contribution in [0.4, 0.5) is 0 Å². The maximum atomic E-state index is 11.7. The number of fused-ring (bicyclic) bond motifs is 3. The van der Waals surface area contributed by atoms with E-state index >= 15 is 0 Å². The van der Waals surface area contributed by atoms with Crippen LogP contribution >= 0.6 is 11.6 Å². The van der Waals surface area contributed by atoms with Gasteiger partial charge in [-0.05, 0) is 66.9 Å². The average molecular weight is 523 g/mol. The van der Waals surface area contributed by atoms with Gasteiger partial charge in [0.1, 0.15) is 24.2 Å². The van der Waals surface area contributed by atoms with Crippen molar-refractivity contribution in [3.63, 3.8) is 0 Å². The number of benzene rings is 3. The van der Waals surface area contributed by atoms with E-state index < -0.39 is 6.10 Å². The Morgan fingerprint density at radius 3 is 2.46 bits per heavy atom. The lowest BCUT2D eigenvalue weighted by Crippen LogP contribution is -2.34. The van der Waals surface area contributed by atoms with Crippen LogP contribution in [0.5, 0.6) is 11.5 Å². The van der Waals surface area contributed by atoms with Crippen molar-refractivity contribution in [1.29, 1.82) is 0 Å². The largest absolute Gasteiger partial charge is 0.497 e. The van der Waals surface area contributed by atoms with Crippen LogP contribution in [0.2, 0.25) is 5.02 Å². The second-order valence-electron chi connectivity index (χ2n) is 8.94. The van der Waals surface area contributed by atoms with E-state index in [0.29, 0.717) is 17.3 Å². The van der Waals surface area contributed by atoms with E-state index in [1.807, 2.05) is 54.6 Å². The zero-order valence-electron chi connectivity index (χ0n) is 20.9. The molecule has 0 spiro atoms. The van der Waals surface area contributed by atoms with Crippen LogP contribution < -0.4 is 9.47 Å². The number of nitrogens with one attached hydrogen (secondary N) is 1. The van der Waals surface area contributed by atoms with Crippen LogP contribution in [-0.2, 0) is 11.2 Å². The molecule has 5 rings (SSSR count). The number of ether oxygens (including phenoxy) is 2. The number of H-pyrrole nitrogens is 1. The summed E-state index contributed by atoms with van der Waals surface area (Å²) in [5, 5.41) is 20.1. The molecule has 0 aliphatic carbocycles. The number of amides is 1. The fourth-order valence-electron chi connectivity index (χ4n) is 4.42. The number of carbonyl (C=O) groups excluding carboxylic acids is 1. The molecule has 4 aromatic rings. The summed E-state index contributed by atoms with van der Waals surface area (Å²) in [6.45, 7) is 2.36. The number of aromatic amines is 1. The first kappa shape index (κ1) is 26.5. The third-order valence-corrected chi connectivity index (χ3v) is 6.60. The maximum absolute atomic E-state index is 11.7. The van der Waals surface area contributed by atoms with Gasteiger partial charge in [-0.25, -0.2) is 0 Å². The number of nitrogens with zero attached hydrogens (tertiary/aromatic N) is 1. The molecule has 194 valence electrons. The Morgan fingerprint density at radius 2 is 1.81 bits per heavy atom. The summed E-state index contributed by atoms with van der Waals surface area (Å²) in [6.07, 6.45) is 0.739. The highest BCUT2D eigenvalue weighted by atomic mass is 35.5. The molecule has 0 radical (unpaired) electrons. The van der Waals surface area contributed by atoms with E-state index in [2.05, 4.69) is 11.9 Å². The Bertz CT molecular complexity index is 1320. The van der Waals surface area contributed by atoms with E-state index in [4.69, 9.17) is 26.2 Å². The van der Waals surface area contributed by atoms with Crippen molar-refractivity contribution in [2.45, 2.75) is 25.5 Å². The van der Waals surface area contributed by atoms with Gasteiger partial charge in [0.2, 0.25) is 6.41 Å². The van der Waals surface area contributed by atoms with Crippen LogP contribution in [0.1, 0.15) is 28.4 Å². The van der Waals surface area contributed by atoms with Gasteiger partial charge in [0, 0.05) is 28.2 Å². The molecule has 1 aliphatic rings. The molecule has 37 heavy (non-hydrogen) atoms. The van der Waals surface area contributed by atoms with E-state index in [1.165, 1.54) is 11.1 Å². The van der Waals surface area contributed by atoms with Crippen LogP contribution in [0.3, 0.4) is 0 Å². The fourth-order valence-corrected chi connectivity index (χ4v) is 4.59. The SMILES string of the molecule is COc1ccc(C)cc1.O=CN1CCc2c([nH]c3ccc(Cl)cc23)C1c1ccc(OCC(O)CO)cc1. The number of aliphatic hydroxyl groups excluding tert-OH is 2. The van der Waals surface area contributed by atoms with E-state index in [9.17, 15) is 9.90 Å². The van der Waals surface area contributed by atoms with Crippen molar-refractivity contribution in [2.24, 2.45) is 0 Å². The van der Waals surface area contributed by atoms with Crippen molar-refractivity contribution >= 4 is 28.9 Å². The van der Waals surface area contributed by atoms with Crippen molar-refractivity contribution in [3.05, 3.63) is 94.1 Å². The summed E-state index contributed by atoms with van der Waals surface area (Å²) in [5.41, 5.74) is 5.41. The van der Waals surface area contributed by atoms with E-state index in [0.717, 1.165) is 40.7 Å². The standard InChI is InChI=1S/C21H21ClN2O4.C8H10O/c22-14-3-6-19-18(9-14)17-7-8-24(12-26)21(20(17)23-19)13-1-4-16(5-2-13)28-11-15(27)10-25;1-7-3-5-8(9-2)6-4-7/h1-6,9,12,15,21,23,25,27H,7-8,10-11H2;3-6H,1-2H3. The van der Waals surface area contributed by atoms with Crippen molar-refractivity contribution in [1.82, 2.24) is 9.88 Å². The van der Waals surface area contributed by atoms with Gasteiger partial charge in [-0.3, -0.25) is 4.79 Å². The molecular weight excluding hydrogens is 492 g/mol. The lowest BCUT2D eigenvalue weighted by molar-refractivity contribution is -0.120. The lowest BCUT2D eigenvalue weighted by atomic mass is 9.93. The highest BCUT2D eigenvalue weighted by Gasteiger charge is 2.31. The molecule has 1 amide bonds. The minimum atomic E-state index is -0.913. The highest BCUT2D eigenvalue weighted by Crippen LogP contribution is 2.38. The summed E-state index contributed by atoms with van der Waals surface area (Å²) >= 11 is 6.18. The smallest absolute Gasteiger partial charge is 0.210 e. The third kappa shape index (κ3) is 6.25. The number of methoxy groups -OCH3 is 1. The number of rotatable bonds is 7. The van der Waals surface area contributed by atoms with E-state index in [1.54, 1.807) is 24.1 Å².